The van der Waals surface area contributed by atoms with E-state index in [0.29, 0.717) is 18.0 Å². The molecule has 3 rings (SSSR count). The number of amides is 1. The summed E-state index contributed by atoms with van der Waals surface area (Å²) >= 11 is 0. The van der Waals surface area contributed by atoms with E-state index in [0.717, 1.165) is 44.0 Å². The zero-order valence-electron chi connectivity index (χ0n) is 17.0. The van der Waals surface area contributed by atoms with Gasteiger partial charge in [0, 0.05) is 32.3 Å². The first-order chi connectivity index (χ1) is 14.2. The first-order valence-corrected chi connectivity index (χ1v) is 9.74. The van der Waals surface area contributed by atoms with Gasteiger partial charge in [0.2, 0.25) is 5.91 Å². The number of ether oxygens (including phenoxy) is 3. The molecule has 0 aromatic heterocycles. The molecule has 29 heavy (non-hydrogen) atoms. The summed E-state index contributed by atoms with van der Waals surface area (Å²) in [5, 5.41) is 2.97. The van der Waals surface area contributed by atoms with Crippen LogP contribution in [0.3, 0.4) is 0 Å². The molecule has 2 aromatic carbocycles. The molecule has 1 fully saturated rings. The third-order valence-electron chi connectivity index (χ3n) is 4.90. The van der Waals surface area contributed by atoms with E-state index in [-0.39, 0.29) is 5.91 Å². The summed E-state index contributed by atoms with van der Waals surface area (Å²) in [6, 6.07) is 13.8. The minimum Gasteiger partial charge on any atom is -0.493 e. The van der Waals surface area contributed by atoms with E-state index >= 15 is 0 Å². The van der Waals surface area contributed by atoms with Crippen molar-refractivity contribution in [3.63, 3.8) is 0 Å². The van der Waals surface area contributed by atoms with E-state index in [4.69, 9.17) is 14.2 Å². The Balaban J connectivity index is 1.57. The van der Waals surface area contributed by atoms with E-state index in [2.05, 4.69) is 22.3 Å². The van der Waals surface area contributed by atoms with E-state index in [1.165, 1.54) is 11.6 Å². The van der Waals surface area contributed by atoms with Crippen LogP contribution < -0.4 is 14.8 Å². The molecule has 6 heteroatoms. The number of nitrogens with zero attached hydrogens (tertiary/aromatic N) is 1. The molecule has 2 aromatic rings. The van der Waals surface area contributed by atoms with E-state index < -0.39 is 0 Å². The third kappa shape index (κ3) is 6.07. The van der Waals surface area contributed by atoms with Crippen LogP contribution in [-0.2, 0) is 22.6 Å². The highest BCUT2D eigenvalue weighted by molar-refractivity contribution is 5.91. The molecule has 0 unspecified atom stereocenters. The standard InChI is InChI=1S/C23H28N2O4/c1-27-21-9-7-18(15-22(21)28-2)8-10-23(26)24-16-19-5-3-4-6-20(19)17-25-11-13-29-14-12-25/h3-10,15H,11-14,16-17H2,1-2H3,(H,24,26)/b10-8+. The number of morpholine rings is 1. The normalized spacial score (nSPS) is 14.7. The molecule has 0 spiro atoms. The molecule has 0 atom stereocenters. The number of hydrogen-bond acceptors (Lipinski definition) is 5. The Morgan fingerprint density at radius 2 is 1.79 bits per heavy atom. The average molecular weight is 396 g/mol. The Bertz CT molecular complexity index is 845. The highest BCUT2D eigenvalue weighted by atomic mass is 16.5. The van der Waals surface area contributed by atoms with Crippen LogP contribution in [0.1, 0.15) is 16.7 Å². The lowest BCUT2D eigenvalue weighted by Crippen LogP contribution is -2.36. The zero-order chi connectivity index (χ0) is 20.5. The highest BCUT2D eigenvalue weighted by Crippen LogP contribution is 2.27. The lowest BCUT2D eigenvalue weighted by atomic mass is 10.1. The Morgan fingerprint density at radius 1 is 1.07 bits per heavy atom. The van der Waals surface area contributed by atoms with Gasteiger partial charge in [-0.2, -0.15) is 0 Å². The second-order valence-electron chi connectivity index (χ2n) is 6.82. The van der Waals surface area contributed by atoms with Gasteiger partial charge in [0.1, 0.15) is 0 Å². The van der Waals surface area contributed by atoms with Crippen LogP contribution in [0.15, 0.2) is 48.5 Å². The Kier molecular flexibility index (Phi) is 7.67. The van der Waals surface area contributed by atoms with Crippen molar-refractivity contribution in [1.82, 2.24) is 10.2 Å². The number of carbonyl (C=O) groups is 1. The van der Waals surface area contributed by atoms with Crippen LogP contribution in [0.25, 0.3) is 6.08 Å². The van der Waals surface area contributed by atoms with Crippen molar-refractivity contribution < 1.29 is 19.0 Å². The van der Waals surface area contributed by atoms with Crippen molar-refractivity contribution in [2.45, 2.75) is 13.1 Å². The van der Waals surface area contributed by atoms with Gasteiger partial charge in [0.15, 0.2) is 11.5 Å². The molecule has 1 aliphatic heterocycles. The smallest absolute Gasteiger partial charge is 0.244 e. The summed E-state index contributed by atoms with van der Waals surface area (Å²) < 4.78 is 15.9. The van der Waals surface area contributed by atoms with Crippen LogP contribution in [0.4, 0.5) is 0 Å². The Morgan fingerprint density at radius 3 is 2.52 bits per heavy atom. The average Bonchev–Trinajstić information content (AvgIpc) is 2.77. The van der Waals surface area contributed by atoms with Crippen LogP contribution in [-0.4, -0.2) is 51.3 Å². The second-order valence-corrected chi connectivity index (χ2v) is 6.82. The van der Waals surface area contributed by atoms with Crippen LogP contribution in [0.5, 0.6) is 11.5 Å². The monoisotopic (exact) mass is 396 g/mol. The maximum absolute atomic E-state index is 12.3. The summed E-state index contributed by atoms with van der Waals surface area (Å²) in [5.41, 5.74) is 3.23. The molecule has 154 valence electrons. The number of benzene rings is 2. The number of hydrogen-bond donors (Lipinski definition) is 1. The lowest BCUT2D eigenvalue weighted by Gasteiger charge is -2.27. The zero-order valence-corrected chi connectivity index (χ0v) is 17.0. The van der Waals surface area contributed by atoms with E-state index in [9.17, 15) is 4.79 Å². The van der Waals surface area contributed by atoms with Crippen LogP contribution in [0.2, 0.25) is 0 Å². The molecular formula is C23H28N2O4. The minimum absolute atomic E-state index is 0.138. The molecule has 1 saturated heterocycles. The molecule has 0 aliphatic carbocycles. The molecule has 1 aliphatic rings. The SMILES string of the molecule is COc1ccc(/C=C/C(=O)NCc2ccccc2CN2CCOCC2)cc1OC. The van der Waals surface area contributed by atoms with Crippen molar-refractivity contribution in [2.24, 2.45) is 0 Å². The molecule has 1 amide bonds. The summed E-state index contributed by atoms with van der Waals surface area (Å²) in [4.78, 5) is 14.7. The summed E-state index contributed by atoms with van der Waals surface area (Å²) in [7, 11) is 3.18. The summed E-state index contributed by atoms with van der Waals surface area (Å²) in [6.07, 6.45) is 3.29. The predicted molar refractivity (Wildman–Crippen MR) is 113 cm³/mol. The van der Waals surface area contributed by atoms with E-state index in [1.54, 1.807) is 20.3 Å². The molecule has 0 saturated carbocycles. The van der Waals surface area contributed by atoms with Crippen LogP contribution >= 0.6 is 0 Å². The lowest BCUT2D eigenvalue weighted by molar-refractivity contribution is -0.116. The van der Waals surface area contributed by atoms with Crippen molar-refractivity contribution in [3.8, 4) is 11.5 Å². The topological polar surface area (TPSA) is 60.0 Å². The molecular weight excluding hydrogens is 368 g/mol. The molecule has 0 bridgehead atoms. The van der Waals surface area contributed by atoms with Crippen molar-refractivity contribution >= 4 is 12.0 Å². The maximum Gasteiger partial charge on any atom is 0.244 e. The minimum atomic E-state index is -0.138. The fourth-order valence-corrected chi connectivity index (χ4v) is 3.25. The van der Waals surface area contributed by atoms with Crippen molar-refractivity contribution in [2.75, 3.05) is 40.5 Å². The van der Waals surface area contributed by atoms with E-state index in [1.807, 2.05) is 30.3 Å². The molecule has 6 nitrogen and oxygen atoms in total. The molecule has 1 heterocycles. The number of carbonyl (C=O) groups excluding carboxylic acids is 1. The second kappa shape index (κ2) is 10.6. The number of nitrogens with one attached hydrogen (secondary N) is 1. The largest absolute Gasteiger partial charge is 0.493 e. The van der Waals surface area contributed by atoms with Gasteiger partial charge in [-0.25, -0.2) is 0 Å². The van der Waals surface area contributed by atoms with Crippen molar-refractivity contribution in [3.05, 3.63) is 65.2 Å². The summed E-state index contributed by atoms with van der Waals surface area (Å²) in [6.45, 7) is 4.80. The third-order valence-corrected chi connectivity index (χ3v) is 4.90. The van der Waals surface area contributed by atoms with Gasteiger partial charge in [-0.1, -0.05) is 30.3 Å². The fourth-order valence-electron chi connectivity index (χ4n) is 3.25. The van der Waals surface area contributed by atoms with Gasteiger partial charge < -0.3 is 19.5 Å². The van der Waals surface area contributed by atoms with Gasteiger partial charge in [-0.15, -0.1) is 0 Å². The Labute approximate surface area is 172 Å². The fraction of sp³-hybridized carbons (Fsp3) is 0.348. The van der Waals surface area contributed by atoms with Gasteiger partial charge in [-0.05, 0) is 34.9 Å². The van der Waals surface area contributed by atoms with Gasteiger partial charge in [0.25, 0.3) is 0 Å². The number of methoxy groups -OCH3 is 2. The maximum atomic E-state index is 12.3. The first-order valence-electron chi connectivity index (χ1n) is 9.74. The number of rotatable bonds is 8. The molecule has 1 N–H and O–H groups in total. The predicted octanol–water partition coefficient (Wildman–Crippen LogP) is 2.87. The van der Waals surface area contributed by atoms with Crippen molar-refractivity contribution in [1.29, 1.82) is 0 Å². The van der Waals surface area contributed by atoms with Gasteiger partial charge in [0.05, 0.1) is 27.4 Å². The Hall–Kier alpha value is -2.83. The summed E-state index contributed by atoms with van der Waals surface area (Å²) in [5.74, 6) is 1.15. The first kappa shape index (κ1) is 20.9. The molecule has 0 radical (unpaired) electrons. The highest BCUT2D eigenvalue weighted by Gasteiger charge is 2.12. The quantitative estimate of drug-likeness (QED) is 0.696. The van der Waals surface area contributed by atoms with Gasteiger partial charge in [-0.3, -0.25) is 9.69 Å². The van der Waals surface area contributed by atoms with Crippen LogP contribution in [0, 0.1) is 0 Å². The van der Waals surface area contributed by atoms with Gasteiger partial charge >= 0.3 is 0 Å².